The Morgan fingerprint density at radius 1 is 1.26 bits per heavy atom. The number of halogens is 3. The van der Waals surface area contributed by atoms with Crippen LogP contribution in [0, 0.1) is 0 Å². The van der Waals surface area contributed by atoms with Crippen LogP contribution in [0.1, 0.15) is 24.6 Å². The van der Waals surface area contributed by atoms with E-state index < -0.39 is 11.9 Å². The maximum Gasteiger partial charge on any atom is 0.435 e. The third kappa shape index (κ3) is 5.43. The summed E-state index contributed by atoms with van der Waals surface area (Å²) in [5.74, 6) is -0.359. The summed E-state index contributed by atoms with van der Waals surface area (Å²) in [6, 6.07) is 10.7. The van der Waals surface area contributed by atoms with Crippen molar-refractivity contribution in [2.45, 2.75) is 38.5 Å². The van der Waals surface area contributed by atoms with Gasteiger partial charge in [0.1, 0.15) is 6.54 Å². The predicted molar refractivity (Wildman–Crippen MR) is 79.6 cm³/mol. The van der Waals surface area contributed by atoms with E-state index in [0.29, 0.717) is 0 Å². The third-order valence-corrected chi connectivity index (χ3v) is 3.35. The van der Waals surface area contributed by atoms with Gasteiger partial charge in [-0.25, -0.2) is 0 Å². The quantitative estimate of drug-likeness (QED) is 0.887. The lowest BCUT2D eigenvalue weighted by Gasteiger charge is -2.14. The summed E-state index contributed by atoms with van der Waals surface area (Å²) in [7, 11) is 0. The molecule has 0 aliphatic heterocycles. The van der Waals surface area contributed by atoms with Gasteiger partial charge < -0.3 is 5.32 Å². The second-order valence-corrected chi connectivity index (χ2v) is 5.39. The maximum absolute atomic E-state index is 12.4. The number of aryl methyl sites for hydroxylation is 1. The van der Waals surface area contributed by atoms with E-state index >= 15 is 0 Å². The molecule has 4 nitrogen and oxygen atoms in total. The molecule has 1 aromatic carbocycles. The van der Waals surface area contributed by atoms with Gasteiger partial charge in [-0.2, -0.15) is 18.3 Å². The molecule has 2 aromatic rings. The highest BCUT2D eigenvalue weighted by molar-refractivity contribution is 5.75. The number of nitrogens with one attached hydrogen (secondary N) is 1. The van der Waals surface area contributed by atoms with Crippen LogP contribution in [-0.4, -0.2) is 21.7 Å². The molecule has 0 saturated heterocycles. The van der Waals surface area contributed by atoms with Gasteiger partial charge in [-0.3, -0.25) is 9.48 Å². The van der Waals surface area contributed by atoms with E-state index in [1.807, 2.05) is 37.3 Å². The number of amides is 1. The number of aromatic nitrogens is 2. The molecule has 0 radical (unpaired) electrons. The van der Waals surface area contributed by atoms with Gasteiger partial charge in [-0.15, -0.1) is 0 Å². The van der Waals surface area contributed by atoms with Crippen LogP contribution in [0.25, 0.3) is 0 Å². The van der Waals surface area contributed by atoms with E-state index in [1.165, 1.54) is 5.56 Å². The van der Waals surface area contributed by atoms with Gasteiger partial charge in [0.05, 0.1) is 0 Å². The van der Waals surface area contributed by atoms with Gasteiger partial charge in [-0.05, 0) is 31.4 Å². The zero-order chi connectivity index (χ0) is 16.9. The lowest BCUT2D eigenvalue weighted by Crippen LogP contribution is -2.35. The Hall–Kier alpha value is -2.31. The number of nitrogens with zero attached hydrogens (tertiary/aromatic N) is 2. The van der Waals surface area contributed by atoms with Gasteiger partial charge in [-0.1, -0.05) is 30.3 Å². The molecule has 124 valence electrons. The minimum Gasteiger partial charge on any atom is -0.352 e. The smallest absolute Gasteiger partial charge is 0.352 e. The Bertz CT molecular complexity index is 638. The number of rotatable bonds is 6. The molecule has 1 N–H and O–H groups in total. The monoisotopic (exact) mass is 325 g/mol. The normalized spacial score (nSPS) is 12.9. The molecule has 2 rings (SSSR count). The first-order chi connectivity index (χ1) is 10.8. The predicted octanol–water partition coefficient (Wildman–Crippen LogP) is 3.04. The fourth-order valence-corrected chi connectivity index (χ4v) is 2.17. The Morgan fingerprint density at radius 2 is 1.96 bits per heavy atom. The topological polar surface area (TPSA) is 46.9 Å². The SMILES string of the molecule is CC(CCc1ccccc1)NC(=O)Cn1ccc(C(F)(F)F)n1. The fraction of sp³-hybridized carbons (Fsp3) is 0.375. The van der Waals surface area contributed by atoms with Crippen LogP contribution < -0.4 is 5.32 Å². The second-order valence-electron chi connectivity index (χ2n) is 5.39. The van der Waals surface area contributed by atoms with Crippen LogP contribution in [0.2, 0.25) is 0 Å². The van der Waals surface area contributed by atoms with Gasteiger partial charge in [0, 0.05) is 12.2 Å². The first kappa shape index (κ1) is 17.1. The molecule has 1 unspecified atom stereocenters. The molecule has 0 aliphatic carbocycles. The highest BCUT2D eigenvalue weighted by atomic mass is 19.4. The first-order valence-electron chi connectivity index (χ1n) is 7.28. The molecule has 1 amide bonds. The number of carbonyl (C=O) groups is 1. The molecule has 1 aromatic heterocycles. The van der Waals surface area contributed by atoms with Crippen molar-refractivity contribution < 1.29 is 18.0 Å². The average molecular weight is 325 g/mol. The van der Waals surface area contributed by atoms with Crippen LogP contribution in [0.15, 0.2) is 42.6 Å². The Labute approximate surface area is 132 Å². The van der Waals surface area contributed by atoms with E-state index in [2.05, 4.69) is 10.4 Å². The molecule has 7 heteroatoms. The Balaban J connectivity index is 1.79. The lowest BCUT2D eigenvalue weighted by molar-refractivity contribution is -0.141. The van der Waals surface area contributed by atoms with Crippen molar-refractivity contribution in [1.82, 2.24) is 15.1 Å². The molecule has 0 saturated carbocycles. The molecule has 1 atom stereocenters. The average Bonchev–Trinajstić information content (AvgIpc) is 2.94. The van der Waals surface area contributed by atoms with Crippen molar-refractivity contribution in [3.63, 3.8) is 0 Å². The Morgan fingerprint density at radius 3 is 2.57 bits per heavy atom. The molecular formula is C16H18F3N3O. The largest absolute Gasteiger partial charge is 0.435 e. The third-order valence-electron chi connectivity index (χ3n) is 3.35. The van der Waals surface area contributed by atoms with Gasteiger partial charge in [0.15, 0.2) is 5.69 Å². The van der Waals surface area contributed by atoms with E-state index in [1.54, 1.807) is 0 Å². The zero-order valence-electron chi connectivity index (χ0n) is 12.7. The highest BCUT2D eigenvalue weighted by Gasteiger charge is 2.33. The van der Waals surface area contributed by atoms with Crippen molar-refractivity contribution in [3.8, 4) is 0 Å². The Kier molecular flexibility index (Phi) is 5.41. The maximum atomic E-state index is 12.4. The molecule has 0 spiro atoms. The van der Waals surface area contributed by atoms with Crippen LogP contribution in [0.3, 0.4) is 0 Å². The molecule has 23 heavy (non-hydrogen) atoms. The van der Waals surface area contributed by atoms with E-state index in [-0.39, 0.29) is 18.5 Å². The summed E-state index contributed by atoms with van der Waals surface area (Å²) in [5.41, 5.74) is 0.179. The van der Waals surface area contributed by atoms with Crippen molar-refractivity contribution in [2.75, 3.05) is 0 Å². The fourth-order valence-electron chi connectivity index (χ4n) is 2.17. The minimum absolute atomic E-state index is 0.0691. The van der Waals surface area contributed by atoms with Crippen LogP contribution in [0.5, 0.6) is 0 Å². The second kappa shape index (κ2) is 7.30. The molecule has 0 aliphatic rings. The number of alkyl halides is 3. The molecule has 1 heterocycles. The minimum atomic E-state index is -4.50. The van der Waals surface area contributed by atoms with Crippen molar-refractivity contribution in [1.29, 1.82) is 0 Å². The summed E-state index contributed by atoms with van der Waals surface area (Å²) in [6.07, 6.45) is -1.77. The van der Waals surface area contributed by atoms with Crippen molar-refractivity contribution in [3.05, 3.63) is 53.9 Å². The summed E-state index contributed by atoms with van der Waals surface area (Å²) >= 11 is 0. The van der Waals surface area contributed by atoms with Crippen molar-refractivity contribution >= 4 is 5.91 Å². The molecular weight excluding hydrogens is 307 g/mol. The number of hydrogen-bond donors (Lipinski definition) is 1. The van der Waals surface area contributed by atoms with E-state index in [9.17, 15) is 18.0 Å². The zero-order valence-corrected chi connectivity index (χ0v) is 12.7. The summed E-state index contributed by atoms with van der Waals surface area (Å²) in [5, 5.41) is 6.12. The standard InChI is InChI=1S/C16H18F3N3O/c1-12(7-8-13-5-3-2-4-6-13)20-15(23)11-22-10-9-14(21-22)16(17,18)19/h2-6,9-10,12H,7-8,11H2,1H3,(H,20,23). The van der Waals surface area contributed by atoms with E-state index in [4.69, 9.17) is 0 Å². The van der Waals surface area contributed by atoms with Crippen LogP contribution in [-0.2, 0) is 23.9 Å². The van der Waals surface area contributed by atoms with Crippen LogP contribution >= 0.6 is 0 Å². The van der Waals surface area contributed by atoms with Gasteiger partial charge in [0.2, 0.25) is 5.91 Å². The van der Waals surface area contributed by atoms with Gasteiger partial charge >= 0.3 is 6.18 Å². The summed E-state index contributed by atoms with van der Waals surface area (Å²) in [6.45, 7) is 1.64. The molecule has 0 bridgehead atoms. The van der Waals surface area contributed by atoms with E-state index in [0.717, 1.165) is 29.8 Å². The van der Waals surface area contributed by atoms with Crippen molar-refractivity contribution in [2.24, 2.45) is 0 Å². The summed E-state index contributed by atoms with van der Waals surface area (Å²) < 4.78 is 38.3. The molecule has 0 fully saturated rings. The number of hydrogen-bond acceptors (Lipinski definition) is 2. The number of carbonyl (C=O) groups excluding carboxylic acids is 1. The number of benzene rings is 1. The lowest BCUT2D eigenvalue weighted by atomic mass is 10.1. The first-order valence-corrected chi connectivity index (χ1v) is 7.28. The highest BCUT2D eigenvalue weighted by Crippen LogP contribution is 2.27. The van der Waals surface area contributed by atoms with Crippen LogP contribution in [0.4, 0.5) is 13.2 Å². The summed E-state index contributed by atoms with van der Waals surface area (Å²) in [4.78, 5) is 11.8. The van der Waals surface area contributed by atoms with Gasteiger partial charge in [0.25, 0.3) is 0 Å².